The summed E-state index contributed by atoms with van der Waals surface area (Å²) in [4.78, 5) is 22.3. The van der Waals surface area contributed by atoms with E-state index in [1.54, 1.807) is 13.0 Å². The average molecular weight is 266 g/mol. The second-order valence-electron chi connectivity index (χ2n) is 6.31. The van der Waals surface area contributed by atoms with Gasteiger partial charge in [0.25, 0.3) is 0 Å². The third-order valence-corrected chi connectivity index (χ3v) is 2.71. The third-order valence-electron chi connectivity index (χ3n) is 2.71. The Labute approximate surface area is 116 Å². The number of carbonyl (C=O) groups excluding carboxylic acids is 1. The minimum atomic E-state index is -0.937. The Morgan fingerprint density at radius 2 is 1.84 bits per heavy atom. The lowest BCUT2D eigenvalue weighted by Gasteiger charge is -2.22. The first-order chi connectivity index (χ1) is 8.62. The van der Waals surface area contributed by atoms with Crippen molar-refractivity contribution in [2.75, 3.05) is 0 Å². The number of carbonyl (C=O) groups is 2. The maximum atomic E-state index is 11.8. The molecule has 19 heavy (non-hydrogen) atoms. The van der Waals surface area contributed by atoms with E-state index in [-0.39, 0.29) is 5.41 Å². The molecule has 0 saturated heterocycles. The van der Waals surface area contributed by atoms with E-state index in [1.165, 1.54) is 6.08 Å². The van der Waals surface area contributed by atoms with Crippen molar-refractivity contribution >= 4 is 11.8 Å². The highest BCUT2D eigenvalue weighted by Gasteiger charge is 2.20. The van der Waals surface area contributed by atoms with Crippen LogP contribution >= 0.6 is 0 Å². The molecule has 0 aromatic rings. The smallest absolute Gasteiger partial charge is 0.328 e. The van der Waals surface area contributed by atoms with E-state index in [0.717, 1.165) is 6.42 Å². The van der Waals surface area contributed by atoms with Crippen molar-refractivity contribution in [2.45, 2.75) is 53.9 Å². The maximum absolute atomic E-state index is 11.8. The van der Waals surface area contributed by atoms with Gasteiger partial charge in [-0.25, -0.2) is 4.79 Å². The van der Waals surface area contributed by atoms with Gasteiger partial charge in [0, 0.05) is 18.9 Å². The van der Waals surface area contributed by atoms with Gasteiger partial charge in [0.15, 0.2) is 0 Å². The molecular formula is C16H26O3. The summed E-state index contributed by atoms with van der Waals surface area (Å²) in [6.45, 7) is 9.97. The van der Waals surface area contributed by atoms with Crippen LogP contribution in [0.15, 0.2) is 23.8 Å². The third kappa shape index (κ3) is 10.2. The molecule has 0 aliphatic heterocycles. The lowest BCUT2D eigenvalue weighted by molar-refractivity contribution is -0.131. The monoisotopic (exact) mass is 266 g/mol. The summed E-state index contributed by atoms with van der Waals surface area (Å²) in [5, 5.41) is 8.59. The number of allylic oxidation sites excluding steroid dienone is 3. The summed E-state index contributed by atoms with van der Waals surface area (Å²) in [6.07, 6.45) is 6.87. The molecule has 0 atom stereocenters. The van der Waals surface area contributed by atoms with Crippen molar-refractivity contribution in [3.63, 3.8) is 0 Å². The largest absolute Gasteiger partial charge is 0.478 e. The number of rotatable bonds is 8. The number of Topliss-reactive ketones (excluding diaryl/α,β-unsaturated/α-hetero) is 1. The van der Waals surface area contributed by atoms with Gasteiger partial charge in [-0.1, -0.05) is 39.8 Å². The second kappa shape index (κ2) is 7.93. The molecule has 1 N–H and O–H groups in total. The van der Waals surface area contributed by atoms with Crippen LogP contribution in [0.5, 0.6) is 0 Å². The number of carboxylic acid groups (broad SMARTS) is 1. The zero-order valence-electron chi connectivity index (χ0n) is 12.7. The van der Waals surface area contributed by atoms with Gasteiger partial charge in [-0.15, -0.1) is 0 Å². The number of ketones is 1. The molecule has 0 bridgehead atoms. The summed E-state index contributed by atoms with van der Waals surface area (Å²) < 4.78 is 0. The number of hydrogen-bond acceptors (Lipinski definition) is 2. The van der Waals surface area contributed by atoms with Gasteiger partial charge < -0.3 is 5.11 Å². The first-order valence-electron chi connectivity index (χ1n) is 6.72. The standard InChI is InChI=1S/C16H26O3/c1-12(2)9-14(17)11-16(4,5)8-6-7-13(3)10-15(18)19/h6-7,10,12H,8-9,11H2,1-5H3,(H,18,19). The molecule has 0 aromatic heterocycles. The van der Waals surface area contributed by atoms with Crippen molar-refractivity contribution in [1.82, 2.24) is 0 Å². The highest BCUT2D eigenvalue weighted by atomic mass is 16.4. The van der Waals surface area contributed by atoms with Crippen LogP contribution in [-0.2, 0) is 9.59 Å². The van der Waals surface area contributed by atoms with Crippen LogP contribution in [0.3, 0.4) is 0 Å². The second-order valence-corrected chi connectivity index (χ2v) is 6.31. The summed E-state index contributed by atoms with van der Waals surface area (Å²) in [6, 6.07) is 0. The van der Waals surface area contributed by atoms with Crippen LogP contribution in [-0.4, -0.2) is 16.9 Å². The van der Waals surface area contributed by atoms with E-state index < -0.39 is 5.97 Å². The zero-order valence-corrected chi connectivity index (χ0v) is 12.7. The molecule has 0 aliphatic carbocycles. The summed E-state index contributed by atoms with van der Waals surface area (Å²) in [5.74, 6) is -0.237. The lowest BCUT2D eigenvalue weighted by Crippen LogP contribution is -2.17. The Balaban J connectivity index is 4.34. The predicted octanol–water partition coefficient (Wildman–Crippen LogP) is 4.00. The first kappa shape index (κ1) is 17.6. The van der Waals surface area contributed by atoms with Crippen molar-refractivity contribution in [2.24, 2.45) is 11.3 Å². The molecule has 108 valence electrons. The van der Waals surface area contributed by atoms with Gasteiger partial charge in [-0.05, 0) is 30.3 Å². The molecule has 0 saturated carbocycles. The van der Waals surface area contributed by atoms with Crippen LogP contribution in [0.1, 0.15) is 53.9 Å². The van der Waals surface area contributed by atoms with E-state index in [1.807, 2.05) is 19.9 Å². The summed E-state index contributed by atoms with van der Waals surface area (Å²) in [5.41, 5.74) is 0.628. The van der Waals surface area contributed by atoms with Crippen LogP contribution < -0.4 is 0 Å². The van der Waals surface area contributed by atoms with E-state index in [9.17, 15) is 9.59 Å². The van der Waals surface area contributed by atoms with Gasteiger partial charge in [0.2, 0.25) is 0 Å². The highest BCUT2D eigenvalue weighted by molar-refractivity contribution is 5.81. The number of aliphatic carboxylic acids is 1. The van der Waals surface area contributed by atoms with Crippen molar-refractivity contribution in [3.8, 4) is 0 Å². The molecule has 3 nitrogen and oxygen atoms in total. The molecule has 0 rings (SSSR count). The molecule has 0 unspecified atom stereocenters. The van der Waals surface area contributed by atoms with Crippen molar-refractivity contribution < 1.29 is 14.7 Å². The van der Waals surface area contributed by atoms with Gasteiger partial charge in [-0.3, -0.25) is 4.79 Å². The van der Waals surface area contributed by atoms with Crippen molar-refractivity contribution in [1.29, 1.82) is 0 Å². The van der Waals surface area contributed by atoms with Crippen molar-refractivity contribution in [3.05, 3.63) is 23.8 Å². The quantitative estimate of drug-likeness (QED) is 0.533. The molecule has 0 radical (unpaired) electrons. The molecular weight excluding hydrogens is 240 g/mol. The molecule has 0 heterocycles. The topological polar surface area (TPSA) is 54.4 Å². The van der Waals surface area contributed by atoms with E-state index in [2.05, 4.69) is 13.8 Å². The molecule has 0 fully saturated rings. The summed E-state index contributed by atoms with van der Waals surface area (Å²) >= 11 is 0. The van der Waals surface area contributed by atoms with Crippen LogP contribution in [0.25, 0.3) is 0 Å². The molecule has 3 heteroatoms. The Morgan fingerprint density at radius 3 is 2.32 bits per heavy atom. The fraction of sp³-hybridized carbons (Fsp3) is 0.625. The van der Waals surface area contributed by atoms with E-state index >= 15 is 0 Å². The minimum absolute atomic E-state index is 0.0774. The van der Waals surface area contributed by atoms with Gasteiger partial charge in [0.1, 0.15) is 5.78 Å². The van der Waals surface area contributed by atoms with Gasteiger partial charge in [-0.2, -0.15) is 0 Å². The maximum Gasteiger partial charge on any atom is 0.328 e. The Hall–Kier alpha value is -1.38. The Kier molecular flexibility index (Phi) is 7.35. The van der Waals surface area contributed by atoms with E-state index in [4.69, 9.17) is 5.11 Å². The summed E-state index contributed by atoms with van der Waals surface area (Å²) in [7, 11) is 0. The number of hydrogen-bond donors (Lipinski definition) is 1. The fourth-order valence-corrected chi connectivity index (χ4v) is 1.94. The predicted molar refractivity (Wildman–Crippen MR) is 78.0 cm³/mol. The molecule has 0 aliphatic rings. The molecule has 0 amide bonds. The Bertz CT molecular complexity index is 373. The zero-order chi connectivity index (χ0) is 15.1. The first-order valence-corrected chi connectivity index (χ1v) is 6.72. The normalized spacial score (nSPS) is 13.3. The Morgan fingerprint density at radius 1 is 1.26 bits per heavy atom. The lowest BCUT2D eigenvalue weighted by atomic mass is 9.82. The average Bonchev–Trinajstić information content (AvgIpc) is 2.12. The van der Waals surface area contributed by atoms with Crippen LogP contribution in [0, 0.1) is 11.3 Å². The molecule has 0 spiro atoms. The molecule has 0 aromatic carbocycles. The van der Waals surface area contributed by atoms with Gasteiger partial charge >= 0.3 is 5.97 Å². The van der Waals surface area contributed by atoms with Crippen LogP contribution in [0.4, 0.5) is 0 Å². The minimum Gasteiger partial charge on any atom is -0.478 e. The van der Waals surface area contributed by atoms with E-state index in [0.29, 0.717) is 30.1 Å². The number of carboxylic acids is 1. The highest BCUT2D eigenvalue weighted by Crippen LogP contribution is 2.27. The van der Waals surface area contributed by atoms with Crippen LogP contribution in [0.2, 0.25) is 0 Å². The fourth-order valence-electron chi connectivity index (χ4n) is 1.94. The van der Waals surface area contributed by atoms with Gasteiger partial charge in [0.05, 0.1) is 0 Å². The SMILES string of the molecule is CC(C=CCC(C)(C)CC(=O)CC(C)C)=CC(=O)O.